The summed E-state index contributed by atoms with van der Waals surface area (Å²) in [5.41, 5.74) is 0. The predicted molar refractivity (Wildman–Crippen MR) is 30.7 cm³/mol. The largest absolute Gasteiger partial charge is 0.267 e. The average molecular weight is 137 g/mol. The molecule has 0 bridgehead atoms. The molecule has 0 rings (SSSR count). The zero-order valence-corrected chi connectivity index (χ0v) is 5.73. The van der Waals surface area contributed by atoms with Gasteiger partial charge in [0.05, 0.1) is 12.4 Å². The third-order valence-corrected chi connectivity index (χ3v) is 1.02. The zero-order valence-electron chi connectivity index (χ0n) is 4.92. The van der Waals surface area contributed by atoms with Gasteiger partial charge in [0.2, 0.25) is 0 Å². The molecule has 0 aromatic carbocycles. The lowest BCUT2D eigenvalue weighted by Crippen LogP contribution is -2.09. The lowest BCUT2D eigenvalue weighted by atomic mass is 10.5. The van der Waals surface area contributed by atoms with Crippen molar-refractivity contribution in [2.45, 2.75) is 13.0 Å². The van der Waals surface area contributed by atoms with Crippen LogP contribution in [0, 0.1) is 6.92 Å². The van der Waals surface area contributed by atoms with E-state index in [1.54, 1.807) is 6.92 Å². The molecule has 0 saturated heterocycles. The van der Waals surface area contributed by atoms with Crippen molar-refractivity contribution >= 4 is 10.1 Å². The minimum Gasteiger partial charge on any atom is -0.267 e. The summed E-state index contributed by atoms with van der Waals surface area (Å²) in [7, 11) is -3.29. The first-order valence-electron chi connectivity index (χ1n) is 2.13. The molecule has 0 aliphatic carbocycles. The van der Waals surface area contributed by atoms with E-state index >= 15 is 0 Å². The van der Waals surface area contributed by atoms with Crippen LogP contribution in [0.3, 0.4) is 0 Å². The Bertz CT molecular complexity index is 145. The minimum atomic E-state index is -3.29. The molecule has 49 valence electrons. The van der Waals surface area contributed by atoms with E-state index in [0.717, 1.165) is 6.26 Å². The van der Waals surface area contributed by atoms with Gasteiger partial charge in [0.15, 0.2) is 0 Å². The molecule has 0 aliphatic rings. The van der Waals surface area contributed by atoms with Crippen molar-refractivity contribution in [1.82, 2.24) is 0 Å². The fraction of sp³-hybridized carbons (Fsp3) is 0.750. The van der Waals surface area contributed by atoms with Crippen LogP contribution in [0.5, 0.6) is 0 Å². The quantitative estimate of drug-likeness (QED) is 0.510. The Balaban J connectivity index is 3.75. The topological polar surface area (TPSA) is 43.4 Å². The van der Waals surface area contributed by atoms with Gasteiger partial charge in [-0.15, -0.1) is 0 Å². The monoisotopic (exact) mass is 137 g/mol. The first-order chi connectivity index (χ1) is 3.42. The van der Waals surface area contributed by atoms with E-state index in [1.807, 2.05) is 0 Å². The molecule has 1 unspecified atom stereocenters. The van der Waals surface area contributed by atoms with Gasteiger partial charge in [0.25, 0.3) is 10.1 Å². The fourth-order valence-corrected chi connectivity index (χ4v) is 0.895. The van der Waals surface area contributed by atoms with Crippen molar-refractivity contribution in [2.75, 3.05) is 6.26 Å². The summed E-state index contributed by atoms with van der Waals surface area (Å²) in [6.07, 6.45) is 0.499. The summed E-state index contributed by atoms with van der Waals surface area (Å²) >= 11 is 0. The molecule has 0 spiro atoms. The Morgan fingerprint density at radius 1 is 1.62 bits per heavy atom. The van der Waals surface area contributed by atoms with Gasteiger partial charge in [-0.1, -0.05) is 0 Å². The van der Waals surface area contributed by atoms with Crippen molar-refractivity contribution in [1.29, 1.82) is 0 Å². The van der Waals surface area contributed by atoms with Crippen LogP contribution < -0.4 is 0 Å². The third-order valence-electron chi connectivity index (χ3n) is 0.339. The van der Waals surface area contributed by atoms with Gasteiger partial charge < -0.3 is 0 Å². The van der Waals surface area contributed by atoms with Crippen molar-refractivity contribution < 1.29 is 12.6 Å². The van der Waals surface area contributed by atoms with Crippen LogP contribution in [-0.4, -0.2) is 20.8 Å². The Labute approximate surface area is 49.8 Å². The molecule has 1 radical (unpaired) electrons. The predicted octanol–water partition coefficient (Wildman–Crippen LogP) is 0.185. The Hall–Kier alpha value is -0.0900. The summed E-state index contributed by atoms with van der Waals surface area (Å²) in [4.78, 5) is 0. The van der Waals surface area contributed by atoms with Crippen molar-refractivity contribution in [3.8, 4) is 0 Å². The molecule has 1 atom stereocenters. The molecule has 4 heteroatoms. The van der Waals surface area contributed by atoms with Crippen molar-refractivity contribution in [3.05, 3.63) is 6.92 Å². The van der Waals surface area contributed by atoms with Gasteiger partial charge in [-0.2, -0.15) is 8.42 Å². The molecule has 0 fully saturated rings. The van der Waals surface area contributed by atoms with Crippen LogP contribution in [0.1, 0.15) is 6.92 Å². The Morgan fingerprint density at radius 3 is 2.00 bits per heavy atom. The summed E-state index contributed by atoms with van der Waals surface area (Å²) in [5, 5.41) is 0. The Morgan fingerprint density at radius 2 is 2.00 bits per heavy atom. The molecular weight excluding hydrogens is 128 g/mol. The van der Waals surface area contributed by atoms with Crippen LogP contribution in [0.4, 0.5) is 0 Å². The number of rotatable bonds is 2. The normalized spacial score (nSPS) is 12.5. The van der Waals surface area contributed by atoms with Crippen LogP contribution >= 0.6 is 0 Å². The number of hydrogen-bond donors (Lipinski definition) is 0. The van der Waals surface area contributed by atoms with Gasteiger partial charge in [-0.3, -0.25) is 4.18 Å². The van der Waals surface area contributed by atoms with E-state index < -0.39 is 16.2 Å². The first kappa shape index (κ1) is 7.91. The van der Waals surface area contributed by atoms with Gasteiger partial charge in [0.1, 0.15) is 0 Å². The van der Waals surface area contributed by atoms with Crippen LogP contribution in [0.25, 0.3) is 0 Å². The lowest BCUT2D eigenvalue weighted by molar-refractivity contribution is 0.276. The van der Waals surface area contributed by atoms with E-state index in [2.05, 4.69) is 11.1 Å². The second kappa shape index (κ2) is 2.46. The van der Waals surface area contributed by atoms with Gasteiger partial charge >= 0.3 is 0 Å². The molecule has 0 aromatic heterocycles. The molecule has 0 saturated carbocycles. The smallest absolute Gasteiger partial charge is 0.264 e. The number of hydrogen-bond acceptors (Lipinski definition) is 3. The van der Waals surface area contributed by atoms with E-state index in [1.165, 1.54) is 0 Å². The highest BCUT2D eigenvalue weighted by molar-refractivity contribution is 7.86. The molecule has 0 heterocycles. The zero-order chi connectivity index (χ0) is 6.78. The van der Waals surface area contributed by atoms with Crippen LogP contribution in [0.15, 0.2) is 0 Å². The third kappa shape index (κ3) is 5.91. The van der Waals surface area contributed by atoms with E-state index in [0.29, 0.717) is 0 Å². The van der Waals surface area contributed by atoms with Gasteiger partial charge in [-0.05, 0) is 13.8 Å². The maximum absolute atomic E-state index is 10.2. The highest BCUT2D eigenvalue weighted by atomic mass is 32.2. The molecule has 0 amide bonds. The molecule has 3 nitrogen and oxygen atoms in total. The fourth-order valence-electron chi connectivity index (χ4n) is 0.298. The summed E-state index contributed by atoms with van der Waals surface area (Å²) in [5.74, 6) is 0. The standard InChI is InChI=1S/C4H9O3S/c1-4(2)7-8(3,5)6/h4H,1H2,2-3H3. The van der Waals surface area contributed by atoms with Gasteiger partial charge in [0, 0.05) is 0 Å². The van der Waals surface area contributed by atoms with E-state index in [9.17, 15) is 8.42 Å². The van der Waals surface area contributed by atoms with Gasteiger partial charge in [-0.25, -0.2) is 0 Å². The second-order valence-corrected chi connectivity index (χ2v) is 3.21. The first-order valence-corrected chi connectivity index (χ1v) is 3.95. The molecule has 0 aliphatic heterocycles. The summed E-state index contributed by atoms with van der Waals surface area (Å²) in [6.45, 7) is 4.88. The maximum Gasteiger partial charge on any atom is 0.264 e. The van der Waals surface area contributed by atoms with Crippen LogP contribution in [0.2, 0.25) is 0 Å². The Kier molecular flexibility index (Phi) is 2.43. The summed E-state index contributed by atoms with van der Waals surface area (Å²) < 4.78 is 24.7. The van der Waals surface area contributed by atoms with Crippen LogP contribution in [-0.2, 0) is 14.3 Å². The van der Waals surface area contributed by atoms with E-state index in [-0.39, 0.29) is 0 Å². The SMILES string of the molecule is [CH2]C(C)OS(C)(=O)=O. The molecule has 0 aromatic rings. The minimum absolute atomic E-state index is 0.495. The summed E-state index contributed by atoms with van der Waals surface area (Å²) in [6, 6.07) is 0. The lowest BCUT2D eigenvalue weighted by Gasteiger charge is -2.01. The molecule has 0 N–H and O–H groups in total. The highest BCUT2D eigenvalue weighted by Gasteiger charge is 2.02. The average Bonchev–Trinajstić information content (AvgIpc) is 1.21. The second-order valence-electron chi connectivity index (χ2n) is 1.61. The maximum atomic E-state index is 10.2. The van der Waals surface area contributed by atoms with Crippen molar-refractivity contribution in [3.63, 3.8) is 0 Å². The van der Waals surface area contributed by atoms with Crippen molar-refractivity contribution in [2.24, 2.45) is 0 Å². The highest BCUT2D eigenvalue weighted by Crippen LogP contribution is 1.92. The molecule has 8 heavy (non-hydrogen) atoms. The van der Waals surface area contributed by atoms with E-state index in [4.69, 9.17) is 0 Å². The molecular formula is C4H9O3S.